The number of aliphatic hydroxyl groups excluding tert-OH is 1. The summed E-state index contributed by atoms with van der Waals surface area (Å²) < 4.78 is 0. The summed E-state index contributed by atoms with van der Waals surface area (Å²) in [6, 6.07) is 6.68. The average Bonchev–Trinajstić information content (AvgIpc) is 2.54. The molecule has 2 amide bonds. The van der Waals surface area contributed by atoms with Crippen molar-refractivity contribution in [2.45, 2.75) is 13.0 Å². The zero-order chi connectivity index (χ0) is 16.8. The number of amides is 2. The van der Waals surface area contributed by atoms with Gasteiger partial charge in [-0.3, -0.25) is 14.5 Å². The monoisotopic (exact) mass is 339 g/mol. The second-order valence-corrected chi connectivity index (χ2v) is 5.95. The molecule has 0 spiro atoms. The van der Waals surface area contributed by atoms with Crippen LogP contribution < -0.4 is 5.32 Å². The van der Waals surface area contributed by atoms with Crippen LogP contribution in [0.3, 0.4) is 0 Å². The Bertz CT molecular complexity index is 559. The summed E-state index contributed by atoms with van der Waals surface area (Å²) >= 11 is 5.89. The van der Waals surface area contributed by atoms with Crippen LogP contribution in [-0.2, 0) is 9.59 Å². The molecule has 7 heteroatoms. The third kappa shape index (κ3) is 4.92. The number of hydrogen-bond donors (Lipinski definition) is 2. The molecule has 0 bridgehead atoms. The van der Waals surface area contributed by atoms with Crippen molar-refractivity contribution in [3.63, 3.8) is 0 Å². The first kappa shape index (κ1) is 17.7. The van der Waals surface area contributed by atoms with E-state index < -0.39 is 6.10 Å². The Labute approximate surface area is 141 Å². The molecule has 23 heavy (non-hydrogen) atoms. The molecule has 1 aromatic rings. The number of rotatable bonds is 5. The second-order valence-electron chi connectivity index (χ2n) is 5.51. The minimum absolute atomic E-state index is 0.00811. The van der Waals surface area contributed by atoms with Crippen LogP contribution in [0.1, 0.15) is 18.6 Å². The summed E-state index contributed by atoms with van der Waals surface area (Å²) in [4.78, 5) is 27.6. The zero-order valence-electron chi connectivity index (χ0n) is 13.2. The van der Waals surface area contributed by atoms with Gasteiger partial charge in [0, 0.05) is 37.7 Å². The van der Waals surface area contributed by atoms with Crippen molar-refractivity contribution >= 4 is 23.4 Å². The molecule has 1 atom stereocenters. The van der Waals surface area contributed by atoms with Crippen LogP contribution in [0.5, 0.6) is 0 Å². The fourth-order valence-corrected chi connectivity index (χ4v) is 2.77. The maximum atomic E-state index is 12.4. The van der Waals surface area contributed by atoms with E-state index in [1.54, 1.807) is 29.2 Å². The Kier molecular flexibility index (Phi) is 6.38. The van der Waals surface area contributed by atoms with Gasteiger partial charge in [-0.15, -0.1) is 0 Å². The molecule has 1 saturated heterocycles. The summed E-state index contributed by atoms with van der Waals surface area (Å²) in [5.74, 6) is -0.337. The molecule has 1 unspecified atom stereocenters. The average molecular weight is 340 g/mol. The van der Waals surface area contributed by atoms with Crippen LogP contribution in [0, 0.1) is 0 Å². The van der Waals surface area contributed by atoms with Crippen LogP contribution in [-0.4, -0.2) is 66.0 Å². The minimum Gasteiger partial charge on any atom is -0.378 e. The van der Waals surface area contributed by atoms with Gasteiger partial charge in [-0.25, -0.2) is 0 Å². The fourth-order valence-electron chi connectivity index (χ4n) is 2.57. The van der Waals surface area contributed by atoms with Crippen molar-refractivity contribution in [2.75, 3.05) is 39.3 Å². The van der Waals surface area contributed by atoms with Crippen molar-refractivity contribution in [1.82, 2.24) is 15.1 Å². The Morgan fingerprint density at radius 2 is 2.00 bits per heavy atom. The number of aliphatic hydroxyl groups is 1. The Hall–Kier alpha value is -1.63. The quantitative estimate of drug-likeness (QED) is 0.826. The van der Waals surface area contributed by atoms with Gasteiger partial charge in [-0.1, -0.05) is 23.7 Å². The lowest BCUT2D eigenvalue weighted by atomic mass is 10.1. The lowest BCUT2D eigenvalue weighted by molar-refractivity contribution is -0.142. The van der Waals surface area contributed by atoms with Crippen LogP contribution in [0.25, 0.3) is 0 Å². The molecule has 0 radical (unpaired) electrons. The smallest absolute Gasteiger partial charge is 0.256 e. The number of hydrogen-bond acceptors (Lipinski definition) is 4. The third-order valence-corrected chi connectivity index (χ3v) is 4.06. The molecule has 0 saturated carbocycles. The van der Waals surface area contributed by atoms with Gasteiger partial charge >= 0.3 is 0 Å². The molecule has 0 aromatic heterocycles. The molecule has 6 nitrogen and oxygen atoms in total. The molecule has 2 N–H and O–H groups in total. The van der Waals surface area contributed by atoms with Gasteiger partial charge in [-0.05, 0) is 24.6 Å². The number of nitrogens with one attached hydrogen (secondary N) is 1. The highest BCUT2D eigenvalue weighted by Gasteiger charge is 2.27. The van der Waals surface area contributed by atoms with Crippen LogP contribution >= 0.6 is 11.6 Å². The van der Waals surface area contributed by atoms with E-state index in [-0.39, 0.29) is 11.8 Å². The predicted molar refractivity (Wildman–Crippen MR) is 88.1 cm³/mol. The first-order chi connectivity index (χ1) is 11.0. The van der Waals surface area contributed by atoms with Crippen molar-refractivity contribution in [3.05, 3.63) is 34.9 Å². The van der Waals surface area contributed by atoms with Crippen molar-refractivity contribution < 1.29 is 14.7 Å². The van der Waals surface area contributed by atoms with Crippen molar-refractivity contribution in [3.8, 4) is 0 Å². The molecule has 0 aliphatic carbocycles. The molecular weight excluding hydrogens is 318 g/mol. The standard InChI is InChI=1S/C16H22ClN3O3/c1-2-18-14(21)11-19-6-8-20(9-7-19)16(23)15(22)12-4-3-5-13(17)10-12/h3-5,10,15,22H,2,6-9,11H2,1H3,(H,18,21). The first-order valence-electron chi connectivity index (χ1n) is 7.72. The Morgan fingerprint density at radius 3 is 2.61 bits per heavy atom. The van der Waals surface area contributed by atoms with E-state index in [0.717, 1.165) is 0 Å². The molecule has 1 heterocycles. The molecule has 1 aromatic carbocycles. The lowest BCUT2D eigenvalue weighted by Gasteiger charge is -2.35. The number of carbonyl (C=O) groups is 2. The van der Waals surface area contributed by atoms with Gasteiger partial charge in [0.1, 0.15) is 0 Å². The second kappa shape index (κ2) is 8.29. The summed E-state index contributed by atoms with van der Waals surface area (Å²) in [7, 11) is 0. The fraction of sp³-hybridized carbons (Fsp3) is 0.500. The van der Waals surface area contributed by atoms with Crippen LogP contribution in [0.15, 0.2) is 24.3 Å². The Morgan fingerprint density at radius 1 is 1.30 bits per heavy atom. The van der Waals surface area contributed by atoms with Gasteiger partial charge in [0.2, 0.25) is 5.91 Å². The van der Waals surface area contributed by atoms with Crippen LogP contribution in [0.4, 0.5) is 0 Å². The first-order valence-corrected chi connectivity index (χ1v) is 8.10. The summed E-state index contributed by atoms with van der Waals surface area (Å²) in [5.41, 5.74) is 0.493. The Balaban J connectivity index is 1.87. The molecule has 2 rings (SSSR count). The molecule has 1 aliphatic rings. The SMILES string of the molecule is CCNC(=O)CN1CCN(C(=O)C(O)c2cccc(Cl)c2)CC1. The highest BCUT2D eigenvalue weighted by atomic mass is 35.5. The molecule has 1 fully saturated rings. The number of benzene rings is 1. The van der Waals surface area contributed by atoms with E-state index in [9.17, 15) is 14.7 Å². The van der Waals surface area contributed by atoms with Gasteiger partial charge in [0.15, 0.2) is 6.10 Å². The minimum atomic E-state index is -1.20. The van der Waals surface area contributed by atoms with E-state index in [1.807, 2.05) is 11.8 Å². The van der Waals surface area contributed by atoms with E-state index in [4.69, 9.17) is 11.6 Å². The lowest BCUT2D eigenvalue weighted by Crippen LogP contribution is -2.52. The van der Waals surface area contributed by atoms with E-state index >= 15 is 0 Å². The predicted octanol–water partition coefficient (Wildman–Crippen LogP) is 0.654. The highest BCUT2D eigenvalue weighted by Crippen LogP contribution is 2.20. The van der Waals surface area contributed by atoms with E-state index in [0.29, 0.717) is 49.9 Å². The van der Waals surface area contributed by atoms with Gasteiger partial charge < -0.3 is 15.3 Å². The van der Waals surface area contributed by atoms with E-state index in [2.05, 4.69) is 5.32 Å². The van der Waals surface area contributed by atoms with Gasteiger partial charge in [0.25, 0.3) is 5.91 Å². The van der Waals surface area contributed by atoms with E-state index in [1.165, 1.54) is 0 Å². The highest BCUT2D eigenvalue weighted by molar-refractivity contribution is 6.30. The van der Waals surface area contributed by atoms with Crippen molar-refractivity contribution in [2.24, 2.45) is 0 Å². The maximum absolute atomic E-state index is 12.4. The summed E-state index contributed by atoms with van der Waals surface area (Å²) in [6.07, 6.45) is -1.20. The number of piperazine rings is 1. The number of carbonyl (C=O) groups excluding carboxylic acids is 2. The number of nitrogens with zero attached hydrogens (tertiary/aromatic N) is 2. The van der Waals surface area contributed by atoms with Gasteiger partial charge in [0.05, 0.1) is 6.54 Å². The van der Waals surface area contributed by atoms with Gasteiger partial charge in [-0.2, -0.15) is 0 Å². The summed E-state index contributed by atoms with van der Waals surface area (Å²) in [5, 5.41) is 13.5. The molecule has 126 valence electrons. The normalized spacial score (nSPS) is 16.9. The third-order valence-electron chi connectivity index (χ3n) is 3.82. The maximum Gasteiger partial charge on any atom is 0.256 e. The largest absolute Gasteiger partial charge is 0.378 e. The molecule has 1 aliphatic heterocycles. The van der Waals surface area contributed by atoms with Crippen molar-refractivity contribution in [1.29, 1.82) is 0 Å². The van der Waals surface area contributed by atoms with Crippen LogP contribution in [0.2, 0.25) is 5.02 Å². The zero-order valence-corrected chi connectivity index (χ0v) is 13.9. The summed E-state index contributed by atoms with van der Waals surface area (Å²) in [6.45, 7) is 5.06. The number of likely N-dealkylation sites (N-methyl/N-ethyl adjacent to an activating group) is 1. The topological polar surface area (TPSA) is 72.9 Å². The number of halogens is 1. The molecular formula is C16H22ClN3O3.